The van der Waals surface area contributed by atoms with Gasteiger partial charge < -0.3 is 10.3 Å². The number of nitrogens with two attached hydrogens (primary N) is 1. The highest BCUT2D eigenvalue weighted by Crippen LogP contribution is 2.27. The van der Waals surface area contributed by atoms with E-state index in [2.05, 4.69) is 30.9 Å². The predicted octanol–water partition coefficient (Wildman–Crippen LogP) is 2.34. The molecule has 0 aliphatic rings. The van der Waals surface area contributed by atoms with E-state index in [0.717, 1.165) is 11.6 Å². The summed E-state index contributed by atoms with van der Waals surface area (Å²) in [6, 6.07) is 0. The lowest BCUT2D eigenvalue weighted by Gasteiger charge is -2.16. The van der Waals surface area contributed by atoms with Crippen molar-refractivity contribution in [3.05, 3.63) is 11.7 Å². The van der Waals surface area contributed by atoms with Crippen LogP contribution in [0.1, 0.15) is 46.3 Å². The normalized spacial score (nSPS) is 13.1. The van der Waals surface area contributed by atoms with Crippen LogP contribution >= 0.6 is 11.8 Å². The maximum absolute atomic E-state index is 5.66. The van der Waals surface area contributed by atoms with Crippen LogP contribution in [0.25, 0.3) is 0 Å². The summed E-state index contributed by atoms with van der Waals surface area (Å²) >= 11 is 1.80. The Morgan fingerprint density at radius 3 is 2.38 bits per heavy atom. The Morgan fingerprint density at radius 1 is 1.25 bits per heavy atom. The molecule has 16 heavy (non-hydrogen) atoms. The van der Waals surface area contributed by atoms with Crippen LogP contribution < -0.4 is 5.73 Å². The summed E-state index contributed by atoms with van der Waals surface area (Å²) in [4.78, 5) is 4.38. The topological polar surface area (TPSA) is 64.9 Å². The number of thioether (sulfide) groups is 1. The number of aromatic nitrogens is 2. The van der Waals surface area contributed by atoms with Crippen LogP contribution in [0, 0.1) is 0 Å². The van der Waals surface area contributed by atoms with Gasteiger partial charge in [0.2, 0.25) is 5.89 Å². The molecule has 5 heteroatoms. The van der Waals surface area contributed by atoms with Gasteiger partial charge in [-0.2, -0.15) is 4.98 Å². The molecular formula is C11H21N3OS. The van der Waals surface area contributed by atoms with Crippen molar-refractivity contribution in [2.24, 2.45) is 5.73 Å². The Kier molecular flexibility index (Phi) is 4.02. The van der Waals surface area contributed by atoms with E-state index in [9.17, 15) is 0 Å². The van der Waals surface area contributed by atoms with E-state index in [4.69, 9.17) is 10.3 Å². The maximum atomic E-state index is 5.66. The van der Waals surface area contributed by atoms with Crippen LogP contribution in [0.2, 0.25) is 0 Å². The quantitative estimate of drug-likeness (QED) is 0.879. The van der Waals surface area contributed by atoms with Gasteiger partial charge in [-0.05, 0) is 13.8 Å². The SMILES string of the molecule is CC(C)(C)SCc1noc(C(C)(C)CN)n1. The Bertz CT molecular complexity index is 341. The van der Waals surface area contributed by atoms with Crippen molar-refractivity contribution in [2.45, 2.75) is 50.5 Å². The van der Waals surface area contributed by atoms with Gasteiger partial charge in [0.1, 0.15) is 0 Å². The van der Waals surface area contributed by atoms with Crippen LogP contribution in [0.3, 0.4) is 0 Å². The molecule has 0 aromatic carbocycles. The minimum absolute atomic E-state index is 0.212. The van der Waals surface area contributed by atoms with Crippen LogP contribution in [-0.2, 0) is 11.2 Å². The molecule has 0 atom stereocenters. The molecule has 1 rings (SSSR count). The Hall–Kier alpha value is -0.550. The van der Waals surface area contributed by atoms with Gasteiger partial charge in [0.05, 0.1) is 11.2 Å². The molecule has 0 unspecified atom stereocenters. The van der Waals surface area contributed by atoms with Gasteiger partial charge in [0.15, 0.2) is 5.82 Å². The van der Waals surface area contributed by atoms with Crippen molar-refractivity contribution >= 4 is 11.8 Å². The fraction of sp³-hybridized carbons (Fsp3) is 0.818. The molecule has 0 radical (unpaired) electrons. The van der Waals surface area contributed by atoms with E-state index in [-0.39, 0.29) is 10.2 Å². The highest BCUT2D eigenvalue weighted by molar-refractivity contribution is 7.99. The van der Waals surface area contributed by atoms with Gasteiger partial charge in [-0.1, -0.05) is 25.9 Å². The lowest BCUT2D eigenvalue weighted by Crippen LogP contribution is -2.28. The van der Waals surface area contributed by atoms with Crippen molar-refractivity contribution in [2.75, 3.05) is 6.54 Å². The molecule has 1 heterocycles. The van der Waals surface area contributed by atoms with Crippen molar-refractivity contribution in [3.63, 3.8) is 0 Å². The predicted molar refractivity (Wildman–Crippen MR) is 67.4 cm³/mol. The van der Waals surface area contributed by atoms with E-state index in [1.165, 1.54) is 0 Å². The van der Waals surface area contributed by atoms with E-state index in [0.29, 0.717) is 12.4 Å². The summed E-state index contributed by atoms with van der Waals surface area (Å²) in [6.45, 7) is 11.0. The molecule has 92 valence electrons. The number of rotatable bonds is 4. The van der Waals surface area contributed by atoms with E-state index in [1.807, 2.05) is 13.8 Å². The molecule has 4 nitrogen and oxygen atoms in total. The van der Waals surface area contributed by atoms with Gasteiger partial charge in [-0.25, -0.2) is 0 Å². The van der Waals surface area contributed by atoms with Crippen LogP contribution in [-0.4, -0.2) is 21.4 Å². The average molecular weight is 243 g/mol. The lowest BCUT2D eigenvalue weighted by atomic mass is 9.94. The van der Waals surface area contributed by atoms with Crippen LogP contribution in [0.5, 0.6) is 0 Å². The van der Waals surface area contributed by atoms with E-state index < -0.39 is 0 Å². The van der Waals surface area contributed by atoms with Gasteiger partial charge in [0, 0.05) is 11.3 Å². The maximum Gasteiger partial charge on any atom is 0.233 e. The van der Waals surface area contributed by atoms with Crippen molar-refractivity contribution < 1.29 is 4.52 Å². The lowest BCUT2D eigenvalue weighted by molar-refractivity contribution is 0.309. The molecular weight excluding hydrogens is 222 g/mol. The third-order valence-electron chi connectivity index (χ3n) is 2.19. The van der Waals surface area contributed by atoms with Crippen LogP contribution in [0.15, 0.2) is 4.52 Å². The minimum Gasteiger partial charge on any atom is -0.339 e. The molecule has 0 aliphatic heterocycles. The summed E-state index contributed by atoms with van der Waals surface area (Å²) in [5.41, 5.74) is 5.42. The molecule has 2 N–H and O–H groups in total. The summed E-state index contributed by atoms with van der Waals surface area (Å²) in [5.74, 6) is 2.14. The standard InChI is InChI=1S/C11H21N3OS/c1-10(2,3)16-6-8-13-9(15-14-8)11(4,5)7-12/h6-7,12H2,1-5H3. The van der Waals surface area contributed by atoms with E-state index in [1.54, 1.807) is 11.8 Å². The molecule has 1 aromatic rings. The largest absolute Gasteiger partial charge is 0.339 e. The molecule has 0 bridgehead atoms. The third kappa shape index (κ3) is 3.79. The number of hydrogen-bond donors (Lipinski definition) is 1. The molecule has 0 aliphatic carbocycles. The van der Waals surface area contributed by atoms with Gasteiger partial charge >= 0.3 is 0 Å². The number of hydrogen-bond acceptors (Lipinski definition) is 5. The van der Waals surface area contributed by atoms with Gasteiger partial charge in [-0.15, -0.1) is 11.8 Å². The zero-order valence-electron chi connectivity index (χ0n) is 10.7. The summed E-state index contributed by atoms with van der Waals surface area (Å²) in [7, 11) is 0. The smallest absolute Gasteiger partial charge is 0.233 e. The summed E-state index contributed by atoms with van der Waals surface area (Å²) in [5, 5.41) is 3.97. The van der Waals surface area contributed by atoms with Gasteiger partial charge in [-0.3, -0.25) is 0 Å². The van der Waals surface area contributed by atoms with Crippen molar-refractivity contribution in [1.29, 1.82) is 0 Å². The molecule has 0 saturated heterocycles. The molecule has 0 spiro atoms. The zero-order chi connectivity index (χ0) is 12.4. The first kappa shape index (κ1) is 13.5. The first-order chi connectivity index (χ1) is 7.24. The van der Waals surface area contributed by atoms with E-state index >= 15 is 0 Å². The summed E-state index contributed by atoms with van der Waals surface area (Å²) in [6.07, 6.45) is 0. The highest BCUT2D eigenvalue weighted by atomic mass is 32.2. The second-order valence-corrected chi connectivity index (χ2v) is 7.31. The van der Waals surface area contributed by atoms with Gasteiger partial charge in [0.25, 0.3) is 0 Å². The Balaban J connectivity index is 2.66. The molecule has 0 saturated carbocycles. The second kappa shape index (κ2) is 4.75. The second-order valence-electron chi connectivity index (χ2n) is 5.50. The fourth-order valence-electron chi connectivity index (χ4n) is 0.956. The first-order valence-corrected chi connectivity index (χ1v) is 6.40. The fourth-order valence-corrected chi connectivity index (χ4v) is 1.64. The Morgan fingerprint density at radius 2 is 1.88 bits per heavy atom. The Labute approximate surface area is 101 Å². The number of nitrogens with zero attached hydrogens (tertiary/aromatic N) is 2. The molecule has 1 aromatic heterocycles. The highest BCUT2D eigenvalue weighted by Gasteiger charge is 2.26. The average Bonchev–Trinajstić information content (AvgIpc) is 2.62. The monoisotopic (exact) mass is 243 g/mol. The zero-order valence-corrected chi connectivity index (χ0v) is 11.5. The molecule has 0 amide bonds. The van der Waals surface area contributed by atoms with Crippen molar-refractivity contribution in [3.8, 4) is 0 Å². The molecule has 0 fully saturated rings. The first-order valence-electron chi connectivity index (χ1n) is 5.42. The summed E-state index contributed by atoms with van der Waals surface area (Å²) < 4.78 is 5.44. The van der Waals surface area contributed by atoms with Crippen molar-refractivity contribution in [1.82, 2.24) is 10.1 Å². The minimum atomic E-state index is -0.238. The third-order valence-corrected chi connectivity index (χ3v) is 3.46. The van der Waals surface area contributed by atoms with Crippen LogP contribution in [0.4, 0.5) is 0 Å².